The summed E-state index contributed by atoms with van der Waals surface area (Å²) in [6.45, 7) is 0.668. The van der Waals surface area contributed by atoms with Crippen LogP contribution in [0.1, 0.15) is 5.56 Å². The van der Waals surface area contributed by atoms with Crippen molar-refractivity contribution in [2.75, 3.05) is 4.31 Å². The maximum atomic E-state index is 4.34. The van der Waals surface area contributed by atoms with E-state index >= 15 is 0 Å². The molecular weight excluding hydrogens is 412 g/mol. The van der Waals surface area contributed by atoms with Crippen LogP contribution in [0.25, 0.3) is 0 Å². The molecule has 0 saturated carbocycles. The first-order valence-corrected chi connectivity index (χ1v) is 10.7. The van der Waals surface area contributed by atoms with Crippen LogP contribution in [0.5, 0.6) is 0 Å². The molecule has 0 fully saturated rings. The monoisotopic (exact) mass is 432 g/mol. The van der Waals surface area contributed by atoms with Gasteiger partial charge in [-0.3, -0.25) is 4.31 Å². The molecule has 0 N–H and O–H groups in total. The number of nitrogens with zero attached hydrogens (tertiary/aromatic N) is 4. The van der Waals surface area contributed by atoms with E-state index in [1.807, 2.05) is 4.68 Å². The summed E-state index contributed by atoms with van der Waals surface area (Å²) in [7, 11) is -0.264. The highest BCUT2D eigenvalue weighted by molar-refractivity contribution is 8.18. The molecule has 4 nitrogen and oxygen atoms in total. The number of anilines is 1. The van der Waals surface area contributed by atoms with Crippen molar-refractivity contribution in [1.82, 2.24) is 14.8 Å². The van der Waals surface area contributed by atoms with Crippen molar-refractivity contribution in [3.8, 4) is 0 Å². The van der Waals surface area contributed by atoms with Gasteiger partial charge in [-0.05, 0) is 46.6 Å². The lowest BCUT2D eigenvalue weighted by Gasteiger charge is -2.28. The molecule has 1 atom stereocenters. The van der Waals surface area contributed by atoms with Gasteiger partial charge in [-0.1, -0.05) is 66.7 Å². The van der Waals surface area contributed by atoms with Gasteiger partial charge < -0.3 is 0 Å². The zero-order valence-electron chi connectivity index (χ0n) is 16.2. The lowest BCUT2D eigenvalue weighted by molar-refractivity contribution is 0.672. The maximum absolute atomic E-state index is 4.34. The molecule has 30 heavy (non-hydrogen) atoms. The highest BCUT2D eigenvalue weighted by atomic mass is 35.5. The Balaban J connectivity index is 0.00000218. The number of benzene rings is 3. The number of hydrogen-bond donors (Lipinski definition) is 0. The fourth-order valence-electron chi connectivity index (χ4n) is 3.49. The summed E-state index contributed by atoms with van der Waals surface area (Å²) in [6, 6.07) is 32.0. The van der Waals surface area contributed by atoms with E-state index in [4.69, 9.17) is 0 Å². The SMILES string of the molecule is C1=C(Cn2cncn2)N(c2ccccc2)S(c2ccccc2)=C1c1ccccc1.Cl. The second kappa shape index (κ2) is 9.11. The Labute approximate surface area is 185 Å². The molecule has 0 aliphatic carbocycles. The normalized spacial score (nSPS) is 15.6. The summed E-state index contributed by atoms with van der Waals surface area (Å²) in [6.07, 6.45) is 5.67. The zero-order chi connectivity index (χ0) is 19.5. The molecule has 4 aromatic rings. The first kappa shape index (κ1) is 20.1. The van der Waals surface area contributed by atoms with E-state index in [1.165, 1.54) is 26.7 Å². The molecule has 1 aliphatic rings. The Morgan fingerprint density at radius 2 is 1.40 bits per heavy atom. The fourth-order valence-corrected chi connectivity index (χ4v) is 5.85. The van der Waals surface area contributed by atoms with Gasteiger partial charge >= 0.3 is 0 Å². The third-order valence-electron chi connectivity index (χ3n) is 4.76. The highest BCUT2D eigenvalue weighted by Crippen LogP contribution is 2.45. The summed E-state index contributed by atoms with van der Waals surface area (Å²) in [4.78, 5) is 6.73. The average Bonchev–Trinajstić information content (AvgIpc) is 3.44. The first-order valence-electron chi connectivity index (χ1n) is 9.50. The Hall–Kier alpha value is -3.15. The molecule has 0 saturated heterocycles. The van der Waals surface area contributed by atoms with Gasteiger partial charge in [0.25, 0.3) is 0 Å². The Morgan fingerprint density at radius 3 is 2.03 bits per heavy atom. The third-order valence-corrected chi connectivity index (χ3v) is 7.05. The van der Waals surface area contributed by atoms with Crippen LogP contribution in [0.4, 0.5) is 5.69 Å². The van der Waals surface area contributed by atoms with Crippen LogP contribution in [0.15, 0.2) is 120 Å². The summed E-state index contributed by atoms with van der Waals surface area (Å²) >= 11 is 0. The van der Waals surface area contributed by atoms with Gasteiger partial charge in [0, 0.05) is 9.76 Å². The van der Waals surface area contributed by atoms with Gasteiger partial charge in [-0.15, -0.1) is 12.4 Å². The van der Waals surface area contributed by atoms with E-state index in [1.54, 1.807) is 12.7 Å². The van der Waals surface area contributed by atoms with Crippen LogP contribution in [-0.2, 0) is 6.54 Å². The highest BCUT2D eigenvalue weighted by Gasteiger charge is 2.27. The van der Waals surface area contributed by atoms with Crippen molar-refractivity contribution in [3.05, 3.63) is 121 Å². The van der Waals surface area contributed by atoms with Crippen LogP contribution >= 0.6 is 23.1 Å². The van der Waals surface area contributed by atoms with E-state index in [9.17, 15) is 0 Å². The molecule has 0 radical (unpaired) electrons. The van der Waals surface area contributed by atoms with Crippen molar-refractivity contribution < 1.29 is 0 Å². The van der Waals surface area contributed by atoms with Gasteiger partial charge in [0.1, 0.15) is 12.7 Å². The number of allylic oxidation sites excluding steroid dienone is 2. The Morgan fingerprint density at radius 1 is 0.767 bits per heavy atom. The van der Waals surface area contributed by atoms with Crippen LogP contribution in [0.3, 0.4) is 0 Å². The fraction of sp³-hybridized carbons (Fsp3) is 0.0417. The minimum Gasteiger partial charge on any atom is -0.288 e. The molecule has 1 aliphatic heterocycles. The molecule has 6 heteroatoms. The van der Waals surface area contributed by atoms with E-state index in [0.717, 1.165) is 0 Å². The van der Waals surface area contributed by atoms with Gasteiger partial charge in [0.05, 0.1) is 17.9 Å². The molecule has 3 aromatic carbocycles. The zero-order valence-corrected chi connectivity index (χ0v) is 17.8. The molecule has 0 spiro atoms. The van der Waals surface area contributed by atoms with Gasteiger partial charge in [0.2, 0.25) is 0 Å². The van der Waals surface area contributed by atoms with Crippen molar-refractivity contribution in [2.24, 2.45) is 0 Å². The van der Waals surface area contributed by atoms with E-state index in [2.05, 4.69) is 111 Å². The maximum Gasteiger partial charge on any atom is 0.137 e. The Kier molecular flexibility index (Phi) is 6.12. The topological polar surface area (TPSA) is 34.0 Å². The third kappa shape index (κ3) is 3.95. The molecule has 5 rings (SSSR count). The van der Waals surface area contributed by atoms with E-state index in [-0.39, 0.29) is 23.1 Å². The molecule has 0 amide bonds. The summed E-state index contributed by atoms with van der Waals surface area (Å²) < 4.78 is 4.32. The Bertz CT molecular complexity index is 1160. The average molecular weight is 433 g/mol. The van der Waals surface area contributed by atoms with Crippen molar-refractivity contribution in [3.63, 3.8) is 0 Å². The van der Waals surface area contributed by atoms with Crippen LogP contribution in [0, 0.1) is 0 Å². The number of rotatable bonds is 5. The van der Waals surface area contributed by atoms with Gasteiger partial charge in [0.15, 0.2) is 0 Å². The van der Waals surface area contributed by atoms with E-state index < -0.39 is 0 Å². The minimum atomic E-state index is -0.264. The van der Waals surface area contributed by atoms with Crippen LogP contribution < -0.4 is 4.31 Å². The smallest absolute Gasteiger partial charge is 0.137 e. The molecule has 1 unspecified atom stereocenters. The molecular formula is C24H21ClN4S. The van der Waals surface area contributed by atoms with Gasteiger partial charge in [-0.2, -0.15) is 5.10 Å². The first-order chi connectivity index (χ1) is 14.4. The van der Waals surface area contributed by atoms with Crippen molar-refractivity contribution >= 4 is 33.6 Å². The van der Waals surface area contributed by atoms with Crippen molar-refractivity contribution in [1.29, 1.82) is 0 Å². The number of aromatic nitrogens is 3. The molecule has 0 bridgehead atoms. The minimum absolute atomic E-state index is 0. The second-order valence-corrected chi connectivity index (χ2v) is 8.53. The second-order valence-electron chi connectivity index (χ2n) is 6.69. The standard InChI is InChI=1S/C24H20N4S.ClH/c1-4-10-20(11-5-1)24-16-22(17-27-19-25-18-26-27)28(21-12-6-2-7-13-21)29(24)23-14-8-3-9-15-23;/h1-16,18-19H,17H2;1H. The number of para-hydroxylation sites is 1. The quantitative estimate of drug-likeness (QED) is 0.387. The lowest BCUT2D eigenvalue weighted by atomic mass is 10.1. The molecule has 2 heterocycles. The molecule has 150 valence electrons. The van der Waals surface area contributed by atoms with E-state index in [0.29, 0.717) is 6.54 Å². The summed E-state index contributed by atoms with van der Waals surface area (Å²) in [5, 5.41) is 4.34. The largest absolute Gasteiger partial charge is 0.288 e. The number of halogens is 1. The van der Waals surface area contributed by atoms with Crippen LogP contribution in [-0.4, -0.2) is 19.6 Å². The lowest BCUT2D eigenvalue weighted by Crippen LogP contribution is -2.18. The van der Waals surface area contributed by atoms with Gasteiger partial charge in [-0.25, -0.2) is 9.67 Å². The predicted molar refractivity (Wildman–Crippen MR) is 127 cm³/mol. The predicted octanol–water partition coefficient (Wildman–Crippen LogP) is 5.57. The summed E-state index contributed by atoms with van der Waals surface area (Å²) in [5.41, 5.74) is 3.62. The van der Waals surface area contributed by atoms with Crippen molar-refractivity contribution in [2.45, 2.75) is 11.4 Å². The summed E-state index contributed by atoms with van der Waals surface area (Å²) in [5.74, 6) is 0. The number of hydrogen-bond acceptors (Lipinski definition) is 3. The molecule has 1 aromatic heterocycles. The van der Waals surface area contributed by atoms with Crippen LogP contribution in [0.2, 0.25) is 0 Å².